The van der Waals surface area contributed by atoms with Crippen molar-refractivity contribution in [3.05, 3.63) is 28.2 Å². The molecule has 0 unspecified atom stereocenters. The summed E-state index contributed by atoms with van der Waals surface area (Å²) in [7, 11) is 0. The maximum atomic E-state index is 11.3. The zero-order valence-corrected chi connectivity index (χ0v) is 12.5. The molecule has 2 rings (SSSR count). The average Bonchev–Trinajstić information content (AvgIpc) is 2.89. The lowest BCUT2D eigenvalue weighted by Crippen LogP contribution is -2.40. The van der Waals surface area contributed by atoms with Gasteiger partial charge in [0.15, 0.2) is 0 Å². The molecule has 5 heteroatoms. The van der Waals surface area contributed by atoms with E-state index in [4.69, 9.17) is 11.5 Å². The van der Waals surface area contributed by atoms with E-state index < -0.39 is 0 Å². The quantitative estimate of drug-likeness (QED) is 0.871. The minimum Gasteiger partial charge on any atom is -0.368 e. The van der Waals surface area contributed by atoms with Crippen LogP contribution in [0.1, 0.15) is 31.2 Å². The van der Waals surface area contributed by atoms with Gasteiger partial charge in [0.25, 0.3) is 0 Å². The Morgan fingerprint density at radius 2 is 2.05 bits per heavy atom. The molecule has 4 N–H and O–H groups in total. The summed E-state index contributed by atoms with van der Waals surface area (Å²) in [5, 5.41) is 0. The molecular weight excluding hydrogens is 306 g/mol. The molecule has 1 saturated carbocycles. The number of nitrogens with two attached hydrogens (primary N) is 2. The van der Waals surface area contributed by atoms with Gasteiger partial charge in [-0.3, -0.25) is 4.79 Å². The number of carbonyl (C=O) groups excluding carboxylic acids is 1. The second-order valence-electron chi connectivity index (χ2n) is 5.01. The maximum Gasteiger partial charge on any atom is 0.236 e. The molecule has 0 atom stereocenters. The first-order chi connectivity index (χ1) is 9.11. The van der Waals surface area contributed by atoms with Crippen molar-refractivity contribution >= 4 is 27.5 Å². The molecular formula is C14H20BrN3O. The number of hydrogen-bond donors (Lipinski definition) is 2. The van der Waals surface area contributed by atoms with E-state index in [2.05, 4.69) is 20.8 Å². The second kappa shape index (κ2) is 6.39. The number of carbonyl (C=O) groups is 1. The highest BCUT2D eigenvalue weighted by Crippen LogP contribution is 2.31. The van der Waals surface area contributed by atoms with Crippen molar-refractivity contribution in [2.24, 2.45) is 11.5 Å². The van der Waals surface area contributed by atoms with Crippen molar-refractivity contribution in [1.82, 2.24) is 0 Å². The van der Waals surface area contributed by atoms with E-state index >= 15 is 0 Å². The van der Waals surface area contributed by atoms with Crippen LogP contribution in [0.4, 0.5) is 5.69 Å². The van der Waals surface area contributed by atoms with Gasteiger partial charge < -0.3 is 16.4 Å². The molecule has 1 amide bonds. The number of halogens is 1. The van der Waals surface area contributed by atoms with E-state index in [9.17, 15) is 4.79 Å². The Morgan fingerprint density at radius 3 is 2.63 bits per heavy atom. The normalized spacial score (nSPS) is 15.7. The van der Waals surface area contributed by atoms with E-state index in [0.717, 1.165) is 28.6 Å². The Kier molecular flexibility index (Phi) is 4.82. The molecule has 0 saturated heterocycles. The highest BCUT2D eigenvalue weighted by Gasteiger charge is 2.25. The average molecular weight is 326 g/mol. The SMILES string of the molecule is NCc1cc(Br)ccc1N(CC(N)=O)C1CCCC1. The smallest absolute Gasteiger partial charge is 0.236 e. The largest absolute Gasteiger partial charge is 0.368 e. The maximum absolute atomic E-state index is 11.3. The summed E-state index contributed by atoms with van der Waals surface area (Å²) in [6.07, 6.45) is 4.67. The zero-order valence-electron chi connectivity index (χ0n) is 10.9. The summed E-state index contributed by atoms with van der Waals surface area (Å²) < 4.78 is 1.00. The van der Waals surface area contributed by atoms with Gasteiger partial charge in [-0.2, -0.15) is 0 Å². The van der Waals surface area contributed by atoms with Gasteiger partial charge in [-0.25, -0.2) is 0 Å². The Hall–Kier alpha value is -1.07. The van der Waals surface area contributed by atoms with E-state index in [1.54, 1.807) is 0 Å². The number of hydrogen-bond acceptors (Lipinski definition) is 3. The van der Waals surface area contributed by atoms with Crippen LogP contribution in [-0.4, -0.2) is 18.5 Å². The van der Waals surface area contributed by atoms with Gasteiger partial charge in [0.2, 0.25) is 5.91 Å². The molecule has 0 spiro atoms. The molecule has 1 aromatic carbocycles. The summed E-state index contributed by atoms with van der Waals surface area (Å²) >= 11 is 3.45. The Bertz CT molecular complexity index is 458. The predicted molar refractivity (Wildman–Crippen MR) is 80.8 cm³/mol. The molecule has 0 heterocycles. The van der Waals surface area contributed by atoms with Crippen LogP contribution in [-0.2, 0) is 11.3 Å². The number of nitrogens with zero attached hydrogens (tertiary/aromatic N) is 1. The first-order valence-corrected chi connectivity index (χ1v) is 7.44. The third kappa shape index (κ3) is 3.48. The Balaban J connectivity index is 2.33. The molecule has 104 valence electrons. The van der Waals surface area contributed by atoms with E-state index in [1.165, 1.54) is 12.8 Å². The van der Waals surface area contributed by atoms with Crippen molar-refractivity contribution in [2.75, 3.05) is 11.4 Å². The van der Waals surface area contributed by atoms with Crippen molar-refractivity contribution in [2.45, 2.75) is 38.3 Å². The van der Waals surface area contributed by atoms with E-state index in [0.29, 0.717) is 12.6 Å². The fraction of sp³-hybridized carbons (Fsp3) is 0.500. The summed E-state index contributed by atoms with van der Waals surface area (Å²) in [6.45, 7) is 0.718. The molecule has 1 fully saturated rings. The topological polar surface area (TPSA) is 72.3 Å². The van der Waals surface area contributed by atoms with Gasteiger partial charge in [0.1, 0.15) is 0 Å². The molecule has 1 aliphatic carbocycles. The predicted octanol–water partition coefficient (Wildman–Crippen LogP) is 2.14. The summed E-state index contributed by atoms with van der Waals surface area (Å²) in [6, 6.07) is 6.42. The fourth-order valence-electron chi connectivity index (χ4n) is 2.79. The van der Waals surface area contributed by atoms with Crippen molar-refractivity contribution in [3.8, 4) is 0 Å². The summed E-state index contributed by atoms with van der Waals surface area (Å²) in [5.74, 6) is -0.294. The van der Waals surface area contributed by atoms with Gasteiger partial charge in [0, 0.05) is 22.7 Å². The summed E-state index contributed by atoms with van der Waals surface area (Å²) in [5.41, 5.74) is 13.3. The second-order valence-corrected chi connectivity index (χ2v) is 5.93. The third-order valence-electron chi connectivity index (χ3n) is 3.66. The number of primary amides is 1. The van der Waals surface area contributed by atoms with E-state index in [1.807, 2.05) is 18.2 Å². The van der Waals surface area contributed by atoms with Crippen LogP contribution in [0.2, 0.25) is 0 Å². The lowest BCUT2D eigenvalue weighted by Gasteiger charge is -2.31. The van der Waals surface area contributed by atoms with Gasteiger partial charge in [-0.15, -0.1) is 0 Å². The van der Waals surface area contributed by atoms with Crippen LogP contribution in [0, 0.1) is 0 Å². The minimum atomic E-state index is -0.294. The van der Waals surface area contributed by atoms with E-state index in [-0.39, 0.29) is 12.5 Å². The molecule has 0 aliphatic heterocycles. The van der Waals surface area contributed by atoms with Gasteiger partial charge in [0.05, 0.1) is 6.54 Å². The number of amides is 1. The van der Waals surface area contributed by atoms with Crippen molar-refractivity contribution in [3.63, 3.8) is 0 Å². The van der Waals surface area contributed by atoms with Crippen LogP contribution < -0.4 is 16.4 Å². The first kappa shape index (κ1) is 14.3. The lowest BCUT2D eigenvalue weighted by molar-refractivity contribution is -0.116. The molecule has 1 aromatic rings. The highest BCUT2D eigenvalue weighted by atomic mass is 79.9. The van der Waals surface area contributed by atoms with Gasteiger partial charge in [-0.05, 0) is 36.6 Å². The Morgan fingerprint density at radius 1 is 1.37 bits per heavy atom. The van der Waals surface area contributed by atoms with Crippen molar-refractivity contribution in [1.29, 1.82) is 0 Å². The number of anilines is 1. The number of benzene rings is 1. The van der Waals surface area contributed by atoms with Crippen molar-refractivity contribution < 1.29 is 4.79 Å². The summed E-state index contributed by atoms with van der Waals surface area (Å²) in [4.78, 5) is 13.5. The molecule has 19 heavy (non-hydrogen) atoms. The fourth-order valence-corrected chi connectivity index (χ4v) is 3.20. The molecule has 0 bridgehead atoms. The molecule has 0 aromatic heterocycles. The van der Waals surface area contributed by atoms with Crippen LogP contribution >= 0.6 is 15.9 Å². The minimum absolute atomic E-state index is 0.263. The van der Waals surface area contributed by atoms with Crippen LogP contribution in [0.3, 0.4) is 0 Å². The van der Waals surface area contributed by atoms with Gasteiger partial charge >= 0.3 is 0 Å². The molecule has 1 aliphatic rings. The number of rotatable bonds is 5. The zero-order chi connectivity index (χ0) is 13.8. The van der Waals surface area contributed by atoms with Gasteiger partial charge in [-0.1, -0.05) is 28.8 Å². The van der Waals surface area contributed by atoms with Crippen LogP contribution in [0.25, 0.3) is 0 Å². The standard InChI is InChI=1S/C14H20BrN3O/c15-11-5-6-13(10(7-11)8-16)18(9-14(17)19)12-3-1-2-4-12/h5-7,12H,1-4,8-9,16H2,(H2,17,19). The lowest BCUT2D eigenvalue weighted by atomic mass is 10.1. The monoisotopic (exact) mass is 325 g/mol. The molecule has 4 nitrogen and oxygen atoms in total. The molecule has 0 radical (unpaired) electrons. The Labute approximate surface area is 122 Å². The first-order valence-electron chi connectivity index (χ1n) is 6.65. The van der Waals surface area contributed by atoms with Crippen LogP contribution in [0.5, 0.6) is 0 Å². The highest BCUT2D eigenvalue weighted by molar-refractivity contribution is 9.10. The van der Waals surface area contributed by atoms with Crippen LogP contribution in [0.15, 0.2) is 22.7 Å². The third-order valence-corrected chi connectivity index (χ3v) is 4.16.